The van der Waals surface area contributed by atoms with E-state index < -0.39 is 0 Å². The maximum atomic E-state index is 12.4. The van der Waals surface area contributed by atoms with E-state index in [9.17, 15) is 4.79 Å². The van der Waals surface area contributed by atoms with E-state index in [0.29, 0.717) is 16.4 Å². The Morgan fingerprint density at radius 1 is 1.29 bits per heavy atom. The van der Waals surface area contributed by atoms with Crippen molar-refractivity contribution in [1.82, 2.24) is 25.2 Å². The number of thiazole rings is 1. The number of nitrogens with one attached hydrogen (secondary N) is 1. The Morgan fingerprint density at radius 3 is 2.76 bits per heavy atom. The van der Waals surface area contributed by atoms with E-state index in [-0.39, 0.29) is 5.91 Å². The quantitative estimate of drug-likeness (QED) is 0.799. The van der Waals surface area contributed by atoms with Crippen molar-refractivity contribution in [3.8, 4) is 5.69 Å². The van der Waals surface area contributed by atoms with Crippen LogP contribution in [0.1, 0.15) is 20.9 Å². The van der Waals surface area contributed by atoms with Gasteiger partial charge in [0.25, 0.3) is 5.91 Å². The van der Waals surface area contributed by atoms with Crippen molar-refractivity contribution >= 4 is 22.4 Å². The molecule has 7 nitrogen and oxygen atoms in total. The van der Waals surface area contributed by atoms with Gasteiger partial charge in [-0.2, -0.15) is 4.68 Å². The standard InChI is InChI=1S/C13H12N6OS/c1-8-9(2)21-13(15-8)16-12(20)10-5-3-4-6-11(10)19-7-14-17-18-19/h3-7H,1-2H3,(H,15,16,20). The van der Waals surface area contributed by atoms with Crippen molar-refractivity contribution in [2.45, 2.75) is 13.8 Å². The van der Waals surface area contributed by atoms with Crippen LogP contribution >= 0.6 is 11.3 Å². The number of hydrogen-bond donors (Lipinski definition) is 1. The normalized spacial score (nSPS) is 10.6. The predicted octanol–water partition coefficient (Wildman–Crippen LogP) is 1.99. The van der Waals surface area contributed by atoms with Crippen molar-refractivity contribution in [3.63, 3.8) is 0 Å². The second kappa shape index (κ2) is 5.41. The maximum absolute atomic E-state index is 12.4. The van der Waals surface area contributed by atoms with Crippen LogP contribution in [0.4, 0.5) is 5.13 Å². The van der Waals surface area contributed by atoms with Crippen molar-refractivity contribution in [1.29, 1.82) is 0 Å². The number of hydrogen-bond acceptors (Lipinski definition) is 6. The van der Waals surface area contributed by atoms with Crippen molar-refractivity contribution in [3.05, 3.63) is 46.7 Å². The summed E-state index contributed by atoms with van der Waals surface area (Å²) < 4.78 is 1.45. The summed E-state index contributed by atoms with van der Waals surface area (Å²) in [5.41, 5.74) is 2.02. The molecule has 3 aromatic rings. The van der Waals surface area contributed by atoms with Crippen LogP contribution in [0.5, 0.6) is 0 Å². The molecule has 0 aliphatic carbocycles. The Hall–Kier alpha value is -2.61. The first kappa shape index (κ1) is 13.4. The van der Waals surface area contributed by atoms with Crippen molar-refractivity contribution in [2.75, 3.05) is 5.32 Å². The summed E-state index contributed by atoms with van der Waals surface area (Å²) in [5, 5.41) is 14.4. The highest BCUT2D eigenvalue weighted by molar-refractivity contribution is 7.15. The lowest BCUT2D eigenvalue weighted by Crippen LogP contribution is -2.15. The van der Waals surface area contributed by atoms with Crippen LogP contribution < -0.4 is 5.32 Å². The molecule has 1 aromatic carbocycles. The lowest BCUT2D eigenvalue weighted by atomic mass is 10.1. The minimum absolute atomic E-state index is 0.241. The average molecular weight is 300 g/mol. The number of carbonyl (C=O) groups is 1. The van der Waals surface area contributed by atoms with E-state index in [4.69, 9.17) is 0 Å². The molecule has 0 spiro atoms. The van der Waals surface area contributed by atoms with Crippen LogP contribution in [0.25, 0.3) is 5.69 Å². The summed E-state index contributed by atoms with van der Waals surface area (Å²) in [5.74, 6) is -0.241. The molecule has 0 saturated carbocycles. The molecule has 0 saturated heterocycles. The highest BCUT2D eigenvalue weighted by atomic mass is 32.1. The molecule has 0 fully saturated rings. The molecule has 106 valence electrons. The Bertz CT molecular complexity index is 760. The first-order valence-corrected chi connectivity index (χ1v) is 7.04. The number of nitrogens with zero attached hydrogens (tertiary/aromatic N) is 5. The van der Waals surface area contributed by atoms with Gasteiger partial charge in [0.05, 0.1) is 16.9 Å². The fraction of sp³-hybridized carbons (Fsp3) is 0.154. The van der Waals surface area contributed by atoms with Gasteiger partial charge in [-0.1, -0.05) is 12.1 Å². The van der Waals surface area contributed by atoms with Gasteiger partial charge in [-0.15, -0.1) is 16.4 Å². The Kier molecular flexibility index (Phi) is 3.44. The zero-order chi connectivity index (χ0) is 14.8. The van der Waals surface area contributed by atoms with Crippen molar-refractivity contribution < 1.29 is 4.79 Å². The molecule has 21 heavy (non-hydrogen) atoms. The predicted molar refractivity (Wildman–Crippen MR) is 78.7 cm³/mol. The molecule has 0 aliphatic heterocycles. The molecular weight excluding hydrogens is 288 g/mol. The number of para-hydroxylation sites is 1. The van der Waals surface area contributed by atoms with Crippen LogP contribution in [-0.4, -0.2) is 31.1 Å². The zero-order valence-electron chi connectivity index (χ0n) is 11.4. The Balaban J connectivity index is 1.92. The lowest BCUT2D eigenvalue weighted by Gasteiger charge is -2.07. The smallest absolute Gasteiger partial charge is 0.259 e. The number of anilines is 1. The molecule has 3 rings (SSSR count). The highest BCUT2D eigenvalue weighted by Crippen LogP contribution is 2.22. The van der Waals surface area contributed by atoms with Gasteiger partial charge in [0, 0.05) is 4.88 Å². The first-order chi connectivity index (χ1) is 10.1. The number of carbonyl (C=O) groups excluding carboxylic acids is 1. The van der Waals surface area contributed by atoms with Gasteiger partial charge >= 0.3 is 0 Å². The largest absolute Gasteiger partial charge is 0.298 e. The number of rotatable bonds is 3. The number of aryl methyl sites for hydroxylation is 2. The summed E-state index contributed by atoms with van der Waals surface area (Å²) in [6.45, 7) is 3.88. The third-order valence-corrected chi connectivity index (χ3v) is 3.98. The highest BCUT2D eigenvalue weighted by Gasteiger charge is 2.15. The topological polar surface area (TPSA) is 85.6 Å². The van der Waals surface area contributed by atoms with Gasteiger partial charge in [-0.25, -0.2) is 4.98 Å². The monoisotopic (exact) mass is 300 g/mol. The van der Waals surface area contributed by atoms with E-state index in [2.05, 4.69) is 25.8 Å². The van der Waals surface area contributed by atoms with Gasteiger partial charge in [-0.3, -0.25) is 10.1 Å². The Labute approximate surface area is 124 Å². The van der Waals surface area contributed by atoms with E-state index in [0.717, 1.165) is 10.6 Å². The zero-order valence-corrected chi connectivity index (χ0v) is 12.3. The van der Waals surface area contributed by atoms with Crippen LogP contribution in [0.15, 0.2) is 30.6 Å². The summed E-state index contributed by atoms with van der Waals surface area (Å²) in [7, 11) is 0. The second-order valence-corrected chi connectivity index (χ2v) is 5.59. The van der Waals surface area contributed by atoms with E-state index in [1.54, 1.807) is 18.2 Å². The summed E-state index contributed by atoms with van der Waals surface area (Å²) >= 11 is 1.45. The second-order valence-electron chi connectivity index (χ2n) is 4.39. The Morgan fingerprint density at radius 2 is 2.10 bits per heavy atom. The molecule has 0 unspecified atom stereocenters. The molecule has 1 amide bonds. The third kappa shape index (κ3) is 2.65. The fourth-order valence-electron chi connectivity index (χ4n) is 1.83. The van der Waals surface area contributed by atoms with Gasteiger partial charge in [0.2, 0.25) is 0 Å². The molecule has 0 aliphatic rings. The minimum atomic E-state index is -0.241. The van der Waals surface area contributed by atoms with E-state index in [1.165, 1.54) is 22.3 Å². The number of amides is 1. The van der Waals surface area contributed by atoms with Gasteiger partial charge in [0.1, 0.15) is 6.33 Å². The van der Waals surface area contributed by atoms with Gasteiger partial charge in [0.15, 0.2) is 5.13 Å². The van der Waals surface area contributed by atoms with E-state index in [1.807, 2.05) is 19.9 Å². The molecule has 2 heterocycles. The number of tetrazole rings is 1. The van der Waals surface area contributed by atoms with Gasteiger partial charge in [-0.05, 0) is 36.4 Å². The van der Waals surface area contributed by atoms with Gasteiger partial charge < -0.3 is 0 Å². The molecule has 0 radical (unpaired) electrons. The van der Waals surface area contributed by atoms with Crippen LogP contribution in [-0.2, 0) is 0 Å². The number of aromatic nitrogens is 5. The molecule has 2 aromatic heterocycles. The van der Waals surface area contributed by atoms with Crippen LogP contribution in [0.2, 0.25) is 0 Å². The molecule has 0 atom stereocenters. The maximum Gasteiger partial charge on any atom is 0.259 e. The third-order valence-electron chi connectivity index (χ3n) is 2.99. The number of benzene rings is 1. The summed E-state index contributed by atoms with van der Waals surface area (Å²) in [4.78, 5) is 17.8. The van der Waals surface area contributed by atoms with E-state index >= 15 is 0 Å². The first-order valence-electron chi connectivity index (χ1n) is 6.23. The molecular formula is C13H12N6OS. The average Bonchev–Trinajstić information content (AvgIpc) is 3.10. The van der Waals surface area contributed by atoms with Crippen molar-refractivity contribution in [2.24, 2.45) is 0 Å². The molecule has 8 heteroatoms. The summed E-state index contributed by atoms with van der Waals surface area (Å²) in [6.07, 6.45) is 1.45. The summed E-state index contributed by atoms with van der Waals surface area (Å²) in [6, 6.07) is 7.12. The van der Waals surface area contributed by atoms with Crippen LogP contribution in [0.3, 0.4) is 0 Å². The van der Waals surface area contributed by atoms with Crippen LogP contribution in [0, 0.1) is 13.8 Å². The molecule has 0 bridgehead atoms. The fourth-order valence-corrected chi connectivity index (χ4v) is 2.64. The SMILES string of the molecule is Cc1nc(NC(=O)c2ccccc2-n2cnnn2)sc1C. The minimum Gasteiger partial charge on any atom is -0.298 e. The molecule has 1 N–H and O–H groups in total. The lowest BCUT2D eigenvalue weighted by molar-refractivity contribution is 0.102.